The third-order valence-electron chi connectivity index (χ3n) is 3.40. The fraction of sp³-hybridized carbons (Fsp3) is 0.333. The lowest BCUT2D eigenvalue weighted by molar-refractivity contribution is 0.174. The summed E-state index contributed by atoms with van der Waals surface area (Å²) in [7, 11) is 0. The van der Waals surface area contributed by atoms with Crippen LogP contribution in [0.3, 0.4) is 0 Å². The van der Waals surface area contributed by atoms with E-state index in [0.29, 0.717) is 11.3 Å². The highest BCUT2D eigenvalue weighted by Gasteiger charge is 2.21. The van der Waals surface area contributed by atoms with E-state index in [-0.39, 0.29) is 11.4 Å². The van der Waals surface area contributed by atoms with Crippen LogP contribution in [0.25, 0.3) is 0 Å². The molecule has 1 heterocycles. The van der Waals surface area contributed by atoms with Crippen LogP contribution in [0.4, 0.5) is 4.39 Å². The number of hydrogen-bond donors (Lipinski definition) is 1. The summed E-state index contributed by atoms with van der Waals surface area (Å²) in [4.78, 5) is 0. The van der Waals surface area contributed by atoms with Gasteiger partial charge in [0.05, 0.1) is 11.1 Å². The average molecular weight is 283 g/mol. The molecule has 102 valence electrons. The van der Waals surface area contributed by atoms with Gasteiger partial charge in [0.1, 0.15) is 17.3 Å². The van der Waals surface area contributed by atoms with Crippen LogP contribution in [-0.2, 0) is 6.42 Å². The molecule has 0 aliphatic rings. The zero-order chi connectivity index (χ0) is 14.2. The molecule has 2 rings (SSSR count). The highest BCUT2D eigenvalue weighted by atomic mass is 35.5. The van der Waals surface area contributed by atoms with Gasteiger partial charge in [-0.2, -0.15) is 0 Å². The lowest BCUT2D eigenvalue weighted by Crippen LogP contribution is -2.05. The molecule has 2 aromatic rings. The van der Waals surface area contributed by atoms with Gasteiger partial charge in [0.15, 0.2) is 0 Å². The van der Waals surface area contributed by atoms with Crippen molar-refractivity contribution >= 4 is 11.6 Å². The van der Waals surface area contributed by atoms with E-state index in [4.69, 9.17) is 16.0 Å². The molecule has 0 saturated heterocycles. The molecule has 1 N–H and O–H groups in total. The van der Waals surface area contributed by atoms with E-state index in [1.807, 2.05) is 13.8 Å². The Bertz CT molecular complexity index is 604. The lowest BCUT2D eigenvalue weighted by atomic mass is 9.98. The SMILES string of the molecule is Cc1oc(C)c(C(O)Cc2cccc(Cl)c2F)c1C. The average Bonchev–Trinajstić information content (AvgIpc) is 2.59. The Labute approximate surface area is 116 Å². The molecule has 0 aliphatic carbocycles. The van der Waals surface area contributed by atoms with E-state index in [1.165, 1.54) is 6.07 Å². The van der Waals surface area contributed by atoms with Gasteiger partial charge in [-0.3, -0.25) is 0 Å². The standard InChI is InChI=1S/C15H16ClFO2/c1-8-9(2)19-10(3)14(8)13(18)7-11-5-4-6-12(16)15(11)17/h4-6,13,18H,7H2,1-3H3. The van der Waals surface area contributed by atoms with E-state index in [0.717, 1.165) is 16.9 Å². The largest absolute Gasteiger partial charge is 0.466 e. The maximum absolute atomic E-state index is 13.8. The minimum Gasteiger partial charge on any atom is -0.466 e. The van der Waals surface area contributed by atoms with Gasteiger partial charge >= 0.3 is 0 Å². The van der Waals surface area contributed by atoms with Crippen molar-refractivity contribution in [3.05, 3.63) is 57.2 Å². The molecule has 1 aromatic carbocycles. The van der Waals surface area contributed by atoms with E-state index < -0.39 is 11.9 Å². The third kappa shape index (κ3) is 2.67. The molecule has 1 atom stereocenters. The van der Waals surface area contributed by atoms with Gasteiger partial charge < -0.3 is 9.52 Å². The first kappa shape index (κ1) is 14.1. The van der Waals surface area contributed by atoms with Crippen molar-refractivity contribution in [3.63, 3.8) is 0 Å². The number of hydrogen-bond acceptors (Lipinski definition) is 2. The molecule has 0 aliphatic heterocycles. The molecule has 1 aromatic heterocycles. The van der Waals surface area contributed by atoms with Crippen LogP contribution in [0.15, 0.2) is 22.6 Å². The second-order valence-electron chi connectivity index (χ2n) is 4.69. The Balaban J connectivity index is 2.31. The van der Waals surface area contributed by atoms with Crippen LogP contribution in [-0.4, -0.2) is 5.11 Å². The van der Waals surface area contributed by atoms with Crippen LogP contribution in [0.2, 0.25) is 5.02 Å². The Kier molecular flexibility index (Phi) is 3.97. The van der Waals surface area contributed by atoms with E-state index in [1.54, 1.807) is 19.1 Å². The number of aliphatic hydroxyl groups excluding tert-OH is 1. The fourth-order valence-corrected chi connectivity index (χ4v) is 2.51. The summed E-state index contributed by atoms with van der Waals surface area (Å²) in [5.74, 6) is 0.974. The van der Waals surface area contributed by atoms with Gasteiger partial charge in [-0.25, -0.2) is 4.39 Å². The van der Waals surface area contributed by atoms with Crippen molar-refractivity contribution in [1.82, 2.24) is 0 Å². The van der Waals surface area contributed by atoms with Crippen LogP contribution < -0.4 is 0 Å². The normalized spacial score (nSPS) is 12.7. The minimum atomic E-state index is -0.801. The Morgan fingerprint density at radius 2 is 1.95 bits per heavy atom. The number of furan rings is 1. The molecule has 1 unspecified atom stereocenters. The minimum absolute atomic E-state index is 0.0709. The van der Waals surface area contributed by atoms with Crippen LogP contribution >= 0.6 is 11.6 Å². The molecule has 0 fully saturated rings. The van der Waals surface area contributed by atoms with E-state index in [9.17, 15) is 9.50 Å². The molecular weight excluding hydrogens is 267 g/mol. The molecule has 0 amide bonds. The number of rotatable bonds is 3. The molecule has 0 saturated carbocycles. The van der Waals surface area contributed by atoms with Crippen molar-refractivity contribution in [2.75, 3.05) is 0 Å². The Morgan fingerprint density at radius 1 is 1.26 bits per heavy atom. The van der Waals surface area contributed by atoms with Gasteiger partial charge in [-0.1, -0.05) is 23.7 Å². The van der Waals surface area contributed by atoms with Crippen molar-refractivity contribution in [2.24, 2.45) is 0 Å². The first-order valence-corrected chi connectivity index (χ1v) is 6.47. The molecule has 4 heteroatoms. The Hall–Kier alpha value is -1.32. The van der Waals surface area contributed by atoms with Crippen molar-refractivity contribution in [1.29, 1.82) is 0 Å². The monoisotopic (exact) mass is 282 g/mol. The highest BCUT2D eigenvalue weighted by Crippen LogP contribution is 2.30. The first-order chi connectivity index (χ1) is 8.91. The number of aliphatic hydroxyl groups is 1. The summed E-state index contributed by atoms with van der Waals surface area (Å²) in [6.07, 6.45) is -0.627. The molecule has 0 bridgehead atoms. The van der Waals surface area contributed by atoms with Crippen LogP contribution in [0.1, 0.15) is 34.3 Å². The van der Waals surface area contributed by atoms with Crippen LogP contribution in [0, 0.1) is 26.6 Å². The lowest BCUT2D eigenvalue weighted by Gasteiger charge is -2.12. The summed E-state index contributed by atoms with van der Waals surface area (Å²) in [6, 6.07) is 4.79. The maximum atomic E-state index is 13.8. The predicted molar refractivity (Wildman–Crippen MR) is 73.0 cm³/mol. The summed E-state index contributed by atoms with van der Waals surface area (Å²) < 4.78 is 19.3. The number of halogens is 2. The van der Waals surface area contributed by atoms with Crippen molar-refractivity contribution < 1.29 is 13.9 Å². The first-order valence-electron chi connectivity index (χ1n) is 6.09. The zero-order valence-corrected chi connectivity index (χ0v) is 11.9. The zero-order valence-electron chi connectivity index (χ0n) is 11.1. The van der Waals surface area contributed by atoms with E-state index in [2.05, 4.69) is 0 Å². The molecule has 19 heavy (non-hydrogen) atoms. The number of aryl methyl sites for hydroxylation is 2. The molecule has 0 spiro atoms. The summed E-state index contributed by atoms with van der Waals surface area (Å²) in [5.41, 5.74) is 2.04. The fourth-order valence-electron chi connectivity index (χ4n) is 2.32. The quantitative estimate of drug-likeness (QED) is 0.912. The summed E-state index contributed by atoms with van der Waals surface area (Å²) in [6.45, 7) is 5.53. The van der Waals surface area contributed by atoms with Gasteiger partial charge in [0, 0.05) is 12.0 Å². The van der Waals surface area contributed by atoms with Gasteiger partial charge in [-0.05, 0) is 38.0 Å². The smallest absolute Gasteiger partial charge is 0.145 e. The van der Waals surface area contributed by atoms with Crippen molar-refractivity contribution in [3.8, 4) is 0 Å². The second-order valence-corrected chi connectivity index (χ2v) is 5.09. The van der Waals surface area contributed by atoms with Gasteiger partial charge in [0.2, 0.25) is 0 Å². The molecule has 2 nitrogen and oxygen atoms in total. The van der Waals surface area contributed by atoms with E-state index >= 15 is 0 Å². The number of benzene rings is 1. The highest BCUT2D eigenvalue weighted by molar-refractivity contribution is 6.30. The predicted octanol–water partition coefficient (Wildman–Crippen LogP) is 4.27. The molecular formula is C15H16ClFO2. The second kappa shape index (κ2) is 5.35. The van der Waals surface area contributed by atoms with Gasteiger partial charge in [0.25, 0.3) is 0 Å². The van der Waals surface area contributed by atoms with Crippen LogP contribution in [0.5, 0.6) is 0 Å². The summed E-state index contributed by atoms with van der Waals surface area (Å²) >= 11 is 5.73. The van der Waals surface area contributed by atoms with Gasteiger partial charge in [-0.15, -0.1) is 0 Å². The third-order valence-corrected chi connectivity index (χ3v) is 3.69. The summed E-state index contributed by atoms with van der Waals surface area (Å²) in [5, 5.41) is 10.4. The topological polar surface area (TPSA) is 33.4 Å². The Morgan fingerprint density at radius 3 is 2.53 bits per heavy atom. The molecule has 0 radical (unpaired) electrons. The maximum Gasteiger partial charge on any atom is 0.145 e. The van der Waals surface area contributed by atoms with Crippen molar-refractivity contribution in [2.45, 2.75) is 33.3 Å².